The van der Waals surface area contributed by atoms with Crippen LogP contribution in [0, 0.1) is 0 Å². The predicted molar refractivity (Wildman–Crippen MR) is 52.0 cm³/mol. The monoisotopic (exact) mass is 168 g/mol. The summed E-state index contributed by atoms with van der Waals surface area (Å²) in [4.78, 5) is 0. The number of fused-ring (bicyclic) bond motifs is 1. The van der Waals surface area contributed by atoms with Crippen molar-refractivity contribution in [3.8, 4) is 22.6 Å². The van der Waals surface area contributed by atoms with E-state index < -0.39 is 0 Å². The van der Waals surface area contributed by atoms with Crippen molar-refractivity contribution in [3.63, 3.8) is 0 Å². The van der Waals surface area contributed by atoms with Gasteiger partial charge in [0.15, 0.2) is 11.5 Å². The largest absolute Gasteiger partial charge is 0.449 e. The van der Waals surface area contributed by atoms with Gasteiger partial charge in [0.2, 0.25) is 0 Å². The van der Waals surface area contributed by atoms with Crippen molar-refractivity contribution >= 4 is 0 Å². The summed E-state index contributed by atoms with van der Waals surface area (Å²) in [6.07, 6.45) is 0. The van der Waals surface area contributed by atoms with Crippen LogP contribution < -0.4 is 4.74 Å². The molecule has 0 fully saturated rings. The van der Waals surface area contributed by atoms with Gasteiger partial charge in [-0.3, -0.25) is 0 Å². The van der Waals surface area contributed by atoms with Crippen LogP contribution in [0.3, 0.4) is 0 Å². The Labute approximate surface area is 76.6 Å². The van der Waals surface area contributed by atoms with E-state index in [1.165, 1.54) is 11.1 Å². The van der Waals surface area contributed by atoms with Gasteiger partial charge in [-0.2, -0.15) is 0 Å². The zero-order valence-electron chi connectivity index (χ0n) is 7.03. The van der Waals surface area contributed by atoms with Crippen molar-refractivity contribution in [1.29, 1.82) is 0 Å². The second-order valence-electron chi connectivity index (χ2n) is 3.10. The highest BCUT2D eigenvalue weighted by Crippen LogP contribution is 2.51. The first-order valence-corrected chi connectivity index (χ1v) is 4.31. The van der Waals surface area contributed by atoms with Gasteiger partial charge in [-0.25, -0.2) is 0 Å². The molecule has 2 aromatic rings. The van der Waals surface area contributed by atoms with E-state index >= 15 is 0 Å². The Morgan fingerprint density at radius 2 is 1.62 bits per heavy atom. The summed E-state index contributed by atoms with van der Waals surface area (Å²) in [5, 5.41) is 0. The molecule has 2 aromatic carbocycles. The lowest BCUT2D eigenvalue weighted by Gasteiger charge is -1.96. The van der Waals surface area contributed by atoms with Crippen LogP contribution in [-0.2, 0) is 0 Å². The third-order valence-corrected chi connectivity index (χ3v) is 2.23. The Kier molecular flexibility index (Phi) is 1.22. The highest BCUT2D eigenvalue weighted by atomic mass is 16.6. The Balaban J connectivity index is 2.18. The normalized spacial score (nSPS) is 11.7. The molecule has 1 heteroatoms. The van der Waals surface area contributed by atoms with E-state index in [0.29, 0.717) is 0 Å². The maximum Gasteiger partial charge on any atom is 0.177 e. The van der Waals surface area contributed by atoms with Crippen LogP contribution in [0.2, 0.25) is 0 Å². The lowest BCUT2D eigenvalue weighted by atomic mass is 10.1. The fourth-order valence-electron chi connectivity index (χ4n) is 1.53. The van der Waals surface area contributed by atoms with Gasteiger partial charge in [0.25, 0.3) is 0 Å². The fourth-order valence-corrected chi connectivity index (χ4v) is 1.53. The average Bonchev–Trinajstić information content (AvgIpc) is 2.97. The Morgan fingerprint density at radius 1 is 0.769 bits per heavy atom. The van der Waals surface area contributed by atoms with E-state index in [-0.39, 0.29) is 0 Å². The Hall–Kier alpha value is -1.76. The second kappa shape index (κ2) is 2.36. The SMILES string of the molecule is c1ccc(-c2cccc3c2O3)cc1. The van der Waals surface area contributed by atoms with E-state index in [1.54, 1.807) is 0 Å². The number of hydrogen-bond donors (Lipinski definition) is 0. The molecular formula is C12H8O. The average molecular weight is 168 g/mol. The topological polar surface area (TPSA) is 12.5 Å². The molecule has 3 rings (SSSR count). The van der Waals surface area contributed by atoms with Crippen molar-refractivity contribution in [2.75, 3.05) is 0 Å². The summed E-state index contributed by atoms with van der Waals surface area (Å²) in [5.41, 5.74) is 2.41. The molecule has 0 radical (unpaired) electrons. The molecule has 0 aliphatic carbocycles. The maximum absolute atomic E-state index is 5.32. The molecular weight excluding hydrogens is 160 g/mol. The molecule has 0 saturated carbocycles. The Morgan fingerprint density at radius 3 is 2.46 bits per heavy atom. The molecule has 1 heterocycles. The molecule has 1 aliphatic rings. The first-order chi connectivity index (χ1) is 6.45. The third-order valence-electron chi connectivity index (χ3n) is 2.23. The summed E-state index contributed by atoms with van der Waals surface area (Å²) in [7, 11) is 0. The minimum absolute atomic E-state index is 1.02. The first-order valence-electron chi connectivity index (χ1n) is 4.31. The van der Waals surface area contributed by atoms with Crippen LogP contribution in [0.5, 0.6) is 11.5 Å². The number of rotatable bonds is 1. The zero-order valence-corrected chi connectivity index (χ0v) is 7.03. The third kappa shape index (κ3) is 1.01. The van der Waals surface area contributed by atoms with Gasteiger partial charge in [-0.05, 0) is 11.6 Å². The molecule has 0 aromatic heterocycles. The number of para-hydroxylation sites is 1. The van der Waals surface area contributed by atoms with E-state index in [0.717, 1.165) is 11.5 Å². The summed E-state index contributed by atoms with van der Waals surface area (Å²) in [5.74, 6) is 2.05. The molecule has 62 valence electrons. The van der Waals surface area contributed by atoms with Crippen molar-refractivity contribution in [3.05, 3.63) is 48.5 Å². The van der Waals surface area contributed by atoms with Crippen LogP contribution in [0.1, 0.15) is 0 Å². The highest BCUT2D eigenvalue weighted by molar-refractivity contribution is 5.79. The number of hydrogen-bond acceptors (Lipinski definition) is 1. The van der Waals surface area contributed by atoms with E-state index in [1.807, 2.05) is 30.3 Å². The first kappa shape index (κ1) is 6.72. The molecule has 0 bridgehead atoms. The molecule has 0 spiro atoms. The van der Waals surface area contributed by atoms with Crippen LogP contribution in [0.4, 0.5) is 0 Å². The minimum atomic E-state index is 1.02. The van der Waals surface area contributed by atoms with Gasteiger partial charge in [0.05, 0.1) is 0 Å². The quantitative estimate of drug-likeness (QED) is 0.507. The van der Waals surface area contributed by atoms with E-state index in [4.69, 9.17) is 4.74 Å². The number of benzene rings is 2. The zero-order chi connectivity index (χ0) is 8.67. The molecule has 0 amide bonds. The summed E-state index contributed by atoms with van der Waals surface area (Å²) in [6.45, 7) is 0. The summed E-state index contributed by atoms with van der Waals surface area (Å²) >= 11 is 0. The molecule has 1 aliphatic heterocycles. The van der Waals surface area contributed by atoms with Crippen LogP contribution in [0.25, 0.3) is 11.1 Å². The van der Waals surface area contributed by atoms with Crippen LogP contribution in [-0.4, -0.2) is 0 Å². The van der Waals surface area contributed by atoms with E-state index in [9.17, 15) is 0 Å². The number of ether oxygens (including phenoxy) is 1. The lowest BCUT2D eigenvalue weighted by molar-refractivity contribution is 0.651. The fraction of sp³-hybridized carbons (Fsp3) is 0. The molecule has 1 nitrogen and oxygen atoms in total. The maximum atomic E-state index is 5.32. The van der Waals surface area contributed by atoms with Gasteiger partial charge >= 0.3 is 0 Å². The van der Waals surface area contributed by atoms with E-state index in [2.05, 4.69) is 18.2 Å². The van der Waals surface area contributed by atoms with Crippen molar-refractivity contribution in [2.24, 2.45) is 0 Å². The second-order valence-corrected chi connectivity index (χ2v) is 3.10. The minimum Gasteiger partial charge on any atom is -0.449 e. The standard InChI is InChI=1S/C12H8O/c1-2-5-9(6-3-1)10-7-4-8-11-12(10)13-11/h1-8H. The molecule has 0 N–H and O–H groups in total. The highest BCUT2D eigenvalue weighted by Gasteiger charge is 2.23. The van der Waals surface area contributed by atoms with Gasteiger partial charge in [-0.15, -0.1) is 0 Å². The molecule has 0 saturated heterocycles. The predicted octanol–water partition coefficient (Wildman–Crippen LogP) is 3.46. The van der Waals surface area contributed by atoms with Gasteiger partial charge in [-0.1, -0.05) is 42.5 Å². The van der Waals surface area contributed by atoms with Gasteiger partial charge < -0.3 is 4.74 Å². The molecule has 0 atom stereocenters. The van der Waals surface area contributed by atoms with Crippen molar-refractivity contribution in [2.45, 2.75) is 0 Å². The summed E-state index contributed by atoms with van der Waals surface area (Å²) in [6, 6.07) is 16.4. The summed E-state index contributed by atoms with van der Waals surface area (Å²) < 4.78 is 5.32. The smallest absolute Gasteiger partial charge is 0.177 e. The lowest BCUT2D eigenvalue weighted by Crippen LogP contribution is -1.71. The van der Waals surface area contributed by atoms with Crippen molar-refractivity contribution < 1.29 is 4.74 Å². The van der Waals surface area contributed by atoms with Crippen LogP contribution >= 0.6 is 0 Å². The van der Waals surface area contributed by atoms with Gasteiger partial charge in [0.1, 0.15) is 0 Å². The Bertz CT molecular complexity index is 446. The van der Waals surface area contributed by atoms with Crippen molar-refractivity contribution in [1.82, 2.24) is 0 Å². The van der Waals surface area contributed by atoms with Crippen LogP contribution in [0.15, 0.2) is 48.5 Å². The molecule has 0 unspecified atom stereocenters. The molecule has 13 heavy (non-hydrogen) atoms. The van der Waals surface area contributed by atoms with Gasteiger partial charge in [0, 0.05) is 5.56 Å².